The molecule has 1 rings (SSSR count). The van der Waals surface area contributed by atoms with Gasteiger partial charge in [-0.25, -0.2) is 10.2 Å². The fourth-order valence-electron chi connectivity index (χ4n) is 1.42. The molecule has 0 aliphatic heterocycles. The first-order valence-corrected chi connectivity index (χ1v) is 5.55. The lowest BCUT2D eigenvalue weighted by atomic mass is 10.2. The summed E-state index contributed by atoms with van der Waals surface area (Å²) < 4.78 is 0. The van der Waals surface area contributed by atoms with Crippen molar-refractivity contribution in [2.45, 2.75) is 64.4 Å². The molecule has 0 aromatic rings. The maximum Gasteiger partial charge on any atom is 0.0930 e. The minimum atomic E-state index is -0.204. The Hall–Kier alpha value is -0.0800. The summed E-state index contributed by atoms with van der Waals surface area (Å²) in [5, 5.41) is 20.1. The van der Waals surface area contributed by atoms with Crippen LogP contribution in [-0.2, 0) is 10.2 Å². The molecule has 0 bridgehead atoms. The fourth-order valence-corrected chi connectivity index (χ4v) is 1.42. The Labute approximate surface area is 82.0 Å². The molecule has 1 saturated carbocycles. The van der Waals surface area contributed by atoms with Crippen LogP contribution in [-0.4, -0.2) is 12.7 Å². The summed E-state index contributed by atoms with van der Waals surface area (Å²) in [6.07, 6.45) is 8.45. The molecule has 1 fully saturated rings. The number of hydrogen-bond donors (Lipinski definition) is 0. The summed E-state index contributed by atoms with van der Waals surface area (Å²) in [4.78, 5) is 0. The lowest BCUT2D eigenvalue weighted by Gasteiger charge is -1.89. The molecular formula is C11H22O2. The van der Waals surface area contributed by atoms with E-state index >= 15 is 0 Å². The molecular weight excluding hydrogens is 164 g/mol. The van der Waals surface area contributed by atoms with Gasteiger partial charge in [0.05, 0.1) is 12.7 Å². The molecule has 0 saturated heterocycles. The van der Waals surface area contributed by atoms with E-state index in [4.69, 9.17) is 0 Å². The van der Waals surface area contributed by atoms with Gasteiger partial charge in [-0.3, -0.25) is 0 Å². The first kappa shape index (κ1) is 12.9. The highest BCUT2D eigenvalue weighted by molar-refractivity contribution is 4.62. The van der Waals surface area contributed by atoms with Gasteiger partial charge in [0.15, 0.2) is 0 Å². The molecule has 2 nitrogen and oxygen atoms in total. The van der Waals surface area contributed by atoms with Crippen LogP contribution in [0.5, 0.6) is 0 Å². The zero-order chi connectivity index (χ0) is 9.94. The summed E-state index contributed by atoms with van der Waals surface area (Å²) in [6.45, 7) is 2.25. The van der Waals surface area contributed by atoms with Gasteiger partial charge < -0.3 is 0 Å². The molecule has 78 valence electrons. The van der Waals surface area contributed by atoms with E-state index in [2.05, 4.69) is 6.92 Å². The smallest absolute Gasteiger partial charge is 0.0930 e. The Morgan fingerprint density at radius 1 is 1.08 bits per heavy atom. The molecule has 0 unspecified atom stereocenters. The van der Waals surface area contributed by atoms with Crippen molar-refractivity contribution in [1.29, 1.82) is 0 Å². The minimum absolute atomic E-state index is 0.111. The van der Waals surface area contributed by atoms with Crippen LogP contribution in [0.25, 0.3) is 0 Å². The van der Waals surface area contributed by atoms with Crippen molar-refractivity contribution in [3.05, 3.63) is 0 Å². The predicted octanol–water partition coefficient (Wildman–Crippen LogP) is 3.36. The van der Waals surface area contributed by atoms with Crippen LogP contribution in [0.1, 0.15) is 58.3 Å². The van der Waals surface area contributed by atoms with Gasteiger partial charge in [-0.15, -0.1) is 0 Å². The third-order valence-electron chi connectivity index (χ3n) is 2.30. The van der Waals surface area contributed by atoms with E-state index in [9.17, 15) is 10.2 Å². The minimum Gasteiger partial charge on any atom is -0.237 e. The third-order valence-corrected chi connectivity index (χ3v) is 2.30. The Balaban J connectivity index is 0.000000223. The summed E-state index contributed by atoms with van der Waals surface area (Å²) in [6, 6.07) is 0. The van der Waals surface area contributed by atoms with Gasteiger partial charge in [0, 0.05) is 0 Å². The van der Waals surface area contributed by atoms with Crippen LogP contribution in [0.15, 0.2) is 0 Å². The van der Waals surface area contributed by atoms with Gasteiger partial charge in [-0.1, -0.05) is 39.0 Å². The quantitative estimate of drug-likeness (QED) is 0.604. The highest BCUT2D eigenvalue weighted by atomic mass is 16.3. The molecule has 0 atom stereocenters. The molecule has 1 aliphatic rings. The summed E-state index contributed by atoms with van der Waals surface area (Å²) in [5.41, 5.74) is 0. The normalized spacial score (nSPS) is 16.8. The van der Waals surface area contributed by atoms with Crippen LogP contribution < -0.4 is 0 Å². The van der Waals surface area contributed by atoms with Crippen molar-refractivity contribution < 1.29 is 10.2 Å². The number of hydrogen-bond acceptors (Lipinski definition) is 0. The van der Waals surface area contributed by atoms with Gasteiger partial charge in [0.1, 0.15) is 0 Å². The Morgan fingerprint density at radius 2 is 1.69 bits per heavy atom. The third kappa shape index (κ3) is 9.84. The van der Waals surface area contributed by atoms with Crippen LogP contribution >= 0.6 is 0 Å². The lowest BCUT2D eigenvalue weighted by molar-refractivity contribution is 0.0956. The average Bonchev–Trinajstić information content (AvgIpc) is 2.58. The van der Waals surface area contributed by atoms with Crippen molar-refractivity contribution >= 4 is 0 Å². The average molecular weight is 186 g/mol. The summed E-state index contributed by atoms with van der Waals surface area (Å²) in [7, 11) is 0. The van der Waals surface area contributed by atoms with E-state index in [0.29, 0.717) is 0 Å². The van der Waals surface area contributed by atoms with E-state index in [1.807, 2.05) is 0 Å². The number of rotatable bonds is 4. The Morgan fingerprint density at radius 3 is 2.00 bits per heavy atom. The molecule has 0 amide bonds. The lowest BCUT2D eigenvalue weighted by Crippen LogP contribution is -1.91. The molecule has 0 heterocycles. The van der Waals surface area contributed by atoms with Crippen molar-refractivity contribution in [2.24, 2.45) is 0 Å². The SMILES string of the molecule is CCCCCC[O].[O]C1CCCC1. The van der Waals surface area contributed by atoms with Gasteiger partial charge in [0.2, 0.25) is 0 Å². The van der Waals surface area contributed by atoms with E-state index in [0.717, 1.165) is 25.7 Å². The number of unbranched alkanes of at least 4 members (excludes halogenated alkanes) is 3. The summed E-state index contributed by atoms with van der Waals surface area (Å²) in [5.74, 6) is 0. The van der Waals surface area contributed by atoms with Gasteiger partial charge in [-0.2, -0.15) is 0 Å². The molecule has 2 radical (unpaired) electrons. The van der Waals surface area contributed by atoms with Crippen LogP contribution in [0, 0.1) is 0 Å². The van der Waals surface area contributed by atoms with Crippen molar-refractivity contribution in [3.8, 4) is 0 Å². The fraction of sp³-hybridized carbons (Fsp3) is 1.00. The van der Waals surface area contributed by atoms with E-state index < -0.39 is 0 Å². The molecule has 0 N–H and O–H groups in total. The molecule has 1 aliphatic carbocycles. The topological polar surface area (TPSA) is 39.8 Å². The van der Waals surface area contributed by atoms with E-state index in [1.165, 1.54) is 25.7 Å². The van der Waals surface area contributed by atoms with Crippen molar-refractivity contribution in [2.75, 3.05) is 6.61 Å². The molecule has 2 heteroatoms. The second kappa shape index (κ2) is 10.0. The second-order valence-electron chi connectivity index (χ2n) is 3.67. The van der Waals surface area contributed by atoms with Gasteiger partial charge in [-0.05, 0) is 19.3 Å². The predicted molar refractivity (Wildman–Crippen MR) is 52.6 cm³/mol. The second-order valence-corrected chi connectivity index (χ2v) is 3.67. The Bertz CT molecular complexity index is 84.1. The maximum absolute atomic E-state index is 10.3. The molecule has 13 heavy (non-hydrogen) atoms. The maximum atomic E-state index is 10.3. The first-order valence-electron chi connectivity index (χ1n) is 5.55. The highest BCUT2D eigenvalue weighted by Gasteiger charge is 2.11. The van der Waals surface area contributed by atoms with Crippen LogP contribution in [0.2, 0.25) is 0 Å². The zero-order valence-electron chi connectivity index (χ0n) is 8.76. The summed E-state index contributed by atoms with van der Waals surface area (Å²) >= 11 is 0. The molecule has 0 aromatic carbocycles. The standard InChI is InChI=1S/C6H13O.C5H9O/c1-2-3-4-5-6-7;6-5-3-1-2-4-5/h2-6H2,1H3;5H,1-4H2. The molecule has 0 aromatic heterocycles. The largest absolute Gasteiger partial charge is 0.237 e. The van der Waals surface area contributed by atoms with E-state index in [-0.39, 0.29) is 12.7 Å². The van der Waals surface area contributed by atoms with Crippen LogP contribution in [0.4, 0.5) is 0 Å². The molecule has 0 spiro atoms. The highest BCUT2D eigenvalue weighted by Crippen LogP contribution is 2.17. The van der Waals surface area contributed by atoms with Crippen molar-refractivity contribution in [3.63, 3.8) is 0 Å². The zero-order valence-corrected chi connectivity index (χ0v) is 8.76. The van der Waals surface area contributed by atoms with Gasteiger partial charge >= 0.3 is 0 Å². The Kier molecular flexibility index (Phi) is 9.94. The van der Waals surface area contributed by atoms with E-state index in [1.54, 1.807) is 0 Å². The van der Waals surface area contributed by atoms with Crippen molar-refractivity contribution in [1.82, 2.24) is 0 Å². The van der Waals surface area contributed by atoms with Crippen LogP contribution in [0.3, 0.4) is 0 Å². The monoisotopic (exact) mass is 186 g/mol. The van der Waals surface area contributed by atoms with Gasteiger partial charge in [0.25, 0.3) is 0 Å². The first-order chi connectivity index (χ1) is 6.31.